The molecule has 2 rings (SSSR count). The largest absolute Gasteiger partial charge is 0.488 e. The maximum absolute atomic E-state index is 5.83. The number of hydrogen-bond donors (Lipinski definition) is 0. The molecule has 0 aromatic heterocycles. The molecule has 0 spiro atoms. The number of thioether (sulfide) groups is 1. The van der Waals surface area contributed by atoms with Crippen molar-refractivity contribution in [1.29, 1.82) is 0 Å². The van der Waals surface area contributed by atoms with Crippen LogP contribution >= 0.6 is 27.7 Å². The van der Waals surface area contributed by atoms with E-state index >= 15 is 0 Å². The lowest BCUT2D eigenvalue weighted by Gasteiger charge is -2.09. The summed E-state index contributed by atoms with van der Waals surface area (Å²) in [6.45, 7) is 0.594. The molecule has 2 aromatic carbocycles. The highest BCUT2D eigenvalue weighted by Crippen LogP contribution is 2.27. The third kappa shape index (κ3) is 3.51. The lowest BCUT2D eigenvalue weighted by atomic mass is 10.2. The van der Waals surface area contributed by atoms with E-state index in [0.717, 1.165) is 15.8 Å². The van der Waals surface area contributed by atoms with E-state index in [0.29, 0.717) is 6.61 Å². The number of benzene rings is 2. The van der Waals surface area contributed by atoms with E-state index in [1.165, 1.54) is 4.90 Å². The minimum Gasteiger partial charge on any atom is -0.488 e. The first-order valence-corrected chi connectivity index (χ1v) is 7.31. The van der Waals surface area contributed by atoms with Crippen molar-refractivity contribution in [3.05, 3.63) is 58.6 Å². The van der Waals surface area contributed by atoms with Gasteiger partial charge in [0.2, 0.25) is 0 Å². The molecule has 0 fully saturated rings. The van der Waals surface area contributed by atoms with Gasteiger partial charge in [0, 0.05) is 9.37 Å². The lowest BCUT2D eigenvalue weighted by molar-refractivity contribution is 0.299. The topological polar surface area (TPSA) is 9.23 Å². The molecule has 0 unspecified atom stereocenters. The summed E-state index contributed by atoms with van der Waals surface area (Å²) in [5, 5.41) is 0. The Labute approximate surface area is 114 Å². The van der Waals surface area contributed by atoms with Crippen LogP contribution in [0, 0.1) is 0 Å². The van der Waals surface area contributed by atoms with Gasteiger partial charge in [0.05, 0.1) is 0 Å². The van der Waals surface area contributed by atoms with Crippen molar-refractivity contribution >= 4 is 27.7 Å². The average molecular weight is 309 g/mol. The normalized spacial score (nSPS) is 10.2. The SMILES string of the molecule is CSc1ccccc1OCc1cccc(Br)c1. The predicted molar refractivity (Wildman–Crippen MR) is 76.7 cm³/mol. The van der Waals surface area contributed by atoms with Crippen LogP contribution in [-0.2, 0) is 6.61 Å². The van der Waals surface area contributed by atoms with E-state index in [-0.39, 0.29) is 0 Å². The summed E-state index contributed by atoms with van der Waals surface area (Å²) in [6.07, 6.45) is 2.06. The van der Waals surface area contributed by atoms with Gasteiger partial charge in [-0.15, -0.1) is 11.8 Å². The molecule has 0 aliphatic rings. The molecule has 0 radical (unpaired) electrons. The zero-order chi connectivity index (χ0) is 12.1. The average Bonchev–Trinajstić information content (AvgIpc) is 2.37. The summed E-state index contributed by atoms with van der Waals surface area (Å²) in [6, 6.07) is 16.3. The fourth-order valence-electron chi connectivity index (χ4n) is 1.53. The van der Waals surface area contributed by atoms with E-state index in [4.69, 9.17) is 4.74 Å². The van der Waals surface area contributed by atoms with Crippen LogP contribution in [0.2, 0.25) is 0 Å². The second-order valence-electron chi connectivity index (χ2n) is 3.57. The molecule has 0 N–H and O–H groups in total. The van der Waals surface area contributed by atoms with Crippen LogP contribution in [0.25, 0.3) is 0 Å². The molecule has 0 aliphatic heterocycles. The van der Waals surface area contributed by atoms with Crippen molar-refractivity contribution in [2.75, 3.05) is 6.26 Å². The maximum Gasteiger partial charge on any atom is 0.133 e. The monoisotopic (exact) mass is 308 g/mol. The Morgan fingerprint density at radius 2 is 1.94 bits per heavy atom. The molecule has 0 saturated heterocycles. The summed E-state index contributed by atoms with van der Waals surface area (Å²) in [7, 11) is 0. The summed E-state index contributed by atoms with van der Waals surface area (Å²) in [5.41, 5.74) is 1.16. The van der Waals surface area contributed by atoms with E-state index in [2.05, 4.69) is 40.4 Å². The number of hydrogen-bond acceptors (Lipinski definition) is 2. The van der Waals surface area contributed by atoms with Crippen molar-refractivity contribution in [3.63, 3.8) is 0 Å². The first kappa shape index (κ1) is 12.5. The van der Waals surface area contributed by atoms with Crippen molar-refractivity contribution < 1.29 is 4.74 Å². The van der Waals surface area contributed by atoms with Crippen LogP contribution in [0.3, 0.4) is 0 Å². The molecule has 88 valence electrons. The Balaban J connectivity index is 2.07. The van der Waals surface area contributed by atoms with Gasteiger partial charge >= 0.3 is 0 Å². The number of halogens is 1. The number of ether oxygens (including phenoxy) is 1. The first-order valence-electron chi connectivity index (χ1n) is 5.30. The van der Waals surface area contributed by atoms with Crippen molar-refractivity contribution in [2.45, 2.75) is 11.5 Å². The summed E-state index contributed by atoms with van der Waals surface area (Å²) in [5.74, 6) is 0.944. The Morgan fingerprint density at radius 3 is 2.71 bits per heavy atom. The highest BCUT2D eigenvalue weighted by Gasteiger charge is 2.01. The quantitative estimate of drug-likeness (QED) is 0.754. The first-order chi connectivity index (χ1) is 8.29. The van der Waals surface area contributed by atoms with E-state index < -0.39 is 0 Å². The van der Waals surface area contributed by atoms with Crippen LogP contribution in [0.5, 0.6) is 5.75 Å². The molecule has 3 heteroatoms. The zero-order valence-electron chi connectivity index (χ0n) is 9.52. The molecule has 0 aliphatic carbocycles. The molecule has 0 atom stereocenters. The minimum atomic E-state index is 0.594. The van der Waals surface area contributed by atoms with Gasteiger partial charge in [0.15, 0.2) is 0 Å². The van der Waals surface area contributed by atoms with Gasteiger partial charge in [-0.1, -0.05) is 40.2 Å². The van der Waals surface area contributed by atoms with Gasteiger partial charge in [0.25, 0.3) is 0 Å². The minimum absolute atomic E-state index is 0.594. The van der Waals surface area contributed by atoms with E-state index in [1.807, 2.05) is 30.3 Å². The molecule has 0 amide bonds. The summed E-state index contributed by atoms with van der Waals surface area (Å²) in [4.78, 5) is 1.17. The highest BCUT2D eigenvalue weighted by molar-refractivity contribution is 9.10. The molecule has 2 aromatic rings. The van der Waals surface area contributed by atoms with Crippen LogP contribution in [0.4, 0.5) is 0 Å². The Hall–Kier alpha value is -0.930. The zero-order valence-corrected chi connectivity index (χ0v) is 11.9. The fourth-order valence-corrected chi connectivity index (χ4v) is 2.52. The number of rotatable bonds is 4. The van der Waals surface area contributed by atoms with E-state index in [9.17, 15) is 0 Å². The van der Waals surface area contributed by atoms with Crippen LogP contribution < -0.4 is 4.74 Å². The molecular formula is C14H13BrOS. The lowest BCUT2D eigenvalue weighted by Crippen LogP contribution is -1.96. The van der Waals surface area contributed by atoms with Gasteiger partial charge in [0.1, 0.15) is 12.4 Å². The van der Waals surface area contributed by atoms with Crippen LogP contribution in [0.1, 0.15) is 5.56 Å². The standard InChI is InChI=1S/C14H13BrOS/c1-17-14-8-3-2-7-13(14)16-10-11-5-4-6-12(15)9-11/h2-9H,10H2,1H3. The van der Waals surface area contributed by atoms with Crippen molar-refractivity contribution in [3.8, 4) is 5.75 Å². The van der Waals surface area contributed by atoms with Gasteiger partial charge in [-0.3, -0.25) is 0 Å². The molecule has 1 nitrogen and oxygen atoms in total. The summed E-state index contributed by atoms with van der Waals surface area (Å²) < 4.78 is 6.91. The van der Waals surface area contributed by atoms with Gasteiger partial charge < -0.3 is 4.74 Å². The third-order valence-electron chi connectivity index (χ3n) is 2.35. The Kier molecular flexibility index (Phi) is 4.51. The van der Waals surface area contributed by atoms with Crippen molar-refractivity contribution in [1.82, 2.24) is 0 Å². The van der Waals surface area contributed by atoms with Gasteiger partial charge in [-0.05, 0) is 36.1 Å². The third-order valence-corrected chi connectivity index (χ3v) is 3.62. The predicted octanol–water partition coefficient (Wildman–Crippen LogP) is 4.75. The smallest absolute Gasteiger partial charge is 0.133 e. The molecule has 0 saturated carbocycles. The van der Waals surface area contributed by atoms with Gasteiger partial charge in [-0.2, -0.15) is 0 Å². The van der Waals surface area contributed by atoms with Gasteiger partial charge in [-0.25, -0.2) is 0 Å². The molecule has 0 bridgehead atoms. The summed E-state index contributed by atoms with van der Waals surface area (Å²) >= 11 is 5.16. The molecule has 17 heavy (non-hydrogen) atoms. The Bertz CT molecular complexity index is 499. The van der Waals surface area contributed by atoms with E-state index in [1.54, 1.807) is 11.8 Å². The fraction of sp³-hybridized carbons (Fsp3) is 0.143. The van der Waals surface area contributed by atoms with Crippen LogP contribution in [0.15, 0.2) is 57.9 Å². The second-order valence-corrected chi connectivity index (χ2v) is 5.33. The van der Waals surface area contributed by atoms with Crippen LogP contribution in [-0.4, -0.2) is 6.26 Å². The maximum atomic E-state index is 5.83. The molecule has 0 heterocycles. The Morgan fingerprint density at radius 1 is 1.12 bits per heavy atom. The number of para-hydroxylation sites is 1. The molecular weight excluding hydrogens is 296 g/mol. The highest BCUT2D eigenvalue weighted by atomic mass is 79.9. The second kappa shape index (κ2) is 6.12. The van der Waals surface area contributed by atoms with Crippen molar-refractivity contribution in [2.24, 2.45) is 0 Å².